The lowest BCUT2D eigenvalue weighted by Crippen LogP contribution is -2.70. The van der Waals surface area contributed by atoms with Crippen LogP contribution in [-0.2, 0) is 63.5 Å². The van der Waals surface area contributed by atoms with Crippen molar-refractivity contribution in [1.82, 2.24) is 10.6 Å². The molecule has 12 atom stereocenters. The summed E-state index contributed by atoms with van der Waals surface area (Å²) in [7, 11) is 0. The molecule has 0 aromatic heterocycles. The van der Waals surface area contributed by atoms with Crippen molar-refractivity contribution in [3.05, 3.63) is 71.8 Å². The van der Waals surface area contributed by atoms with Crippen molar-refractivity contribution in [1.29, 1.82) is 0 Å². The van der Waals surface area contributed by atoms with E-state index in [0.29, 0.717) is 0 Å². The first-order chi connectivity index (χ1) is 28.1. The molecule has 0 aliphatic carbocycles. The number of carbonyl (C=O) groups is 3. The van der Waals surface area contributed by atoms with Crippen LogP contribution in [0.3, 0.4) is 0 Å². The van der Waals surface area contributed by atoms with Crippen LogP contribution in [0, 0.1) is 0 Å². The second-order valence-electron chi connectivity index (χ2n) is 13.7. The van der Waals surface area contributed by atoms with Gasteiger partial charge in [0.25, 0.3) is 0 Å². The monoisotopic (exact) mass is 948 g/mol. The van der Waals surface area contributed by atoms with Crippen LogP contribution in [0.1, 0.15) is 31.3 Å². The van der Waals surface area contributed by atoms with Crippen LogP contribution in [-0.4, -0.2) is 126 Å². The second-order valence-corrected chi connectivity index (χ2v) is 18.7. The van der Waals surface area contributed by atoms with Crippen molar-refractivity contribution < 1.29 is 66.5 Å². The molecule has 4 aliphatic rings. The molecule has 4 saturated heterocycles. The van der Waals surface area contributed by atoms with Gasteiger partial charge in [-0.15, -0.1) is 0 Å². The minimum absolute atomic E-state index is 0.00848. The van der Waals surface area contributed by atoms with Crippen molar-refractivity contribution in [3.63, 3.8) is 0 Å². The Labute approximate surface area is 369 Å². The Hall–Kier alpha value is -2.13. The fourth-order valence-electron chi connectivity index (χ4n) is 6.79. The Morgan fingerprint density at radius 3 is 1.98 bits per heavy atom. The molecule has 4 fully saturated rings. The Morgan fingerprint density at radius 2 is 1.36 bits per heavy atom. The zero-order valence-corrected chi connectivity index (χ0v) is 36.0. The molecule has 0 unspecified atom stereocenters. The van der Waals surface area contributed by atoms with E-state index in [1.54, 1.807) is 6.92 Å². The molecule has 59 heavy (non-hydrogen) atoms. The van der Waals surface area contributed by atoms with E-state index < -0.39 is 113 Å². The van der Waals surface area contributed by atoms with Gasteiger partial charge in [-0.25, -0.2) is 14.4 Å². The minimum Gasteiger partial charge on any atom is -0.464 e. The zero-order valence-electron chi connectivity index (χ0n) is 31.4. The first-order valence-corrected chi connectivity index (χ1v) is 20.7. The molecule has 2 amide bonds. The van der Waals surface area contributed by atoms with Gasteiger partial charge in [-0.1, -0.05) is 130 Å². The minimum atomic E-state index is -1.93. The summed E-state index contributed by atoms with van der Waals surface area (Å²) in [5, 5.41) is 5.39. The van der Waals surface area contributed by atoms with Gasteiger partial charge in [0.2, 0.25) is 7.59 Å². The van der Waals surface area contributed by atoms with E-state index in [2.05, 4.69) is 10.6 Å². The van der Waals surface area contributed by atoms with Crippen LogP contribution in [0.2, 0.25) is 0 Å². The normalized spacial score (nSPS) is 31.0. The number of esters is 1. The molecular weight excluding hydrogens is 909 g/mol. The van der Waals surface area contributed by atoms with E-state index in [0.717, 1.165) is 11.1 Å². The van der Waals surface area contributed by atoms with E-state index in [1.165, 1.54) is 6.92 Å². The summed E-state index contributed by atoms with van der Waals surface area (Å²) in [5.74, 6) is -0.699. The summed E-state index contributed by atoms with van der Waals surface area (Å²) in [6, 6.07) is 16.1. The van der Waals surface area contributed by atoms with E-state index in [9.17, 15) is 14.4 Å². The number of alkyl carbamates (subject to hydrolysis) is 2. The van der Waals surface area contributed by atoms with Gasteiger partial charge in [-0.3, -0.25) is 0 Å². The molecule has 326 valence electrons. The molecule has 2 bridgehead atoms. The number of hydrogen-bond donors (Lipinski definition) is 2. The number of ether oxygens (including phenoxy) is 11. The number of hydrogen-bond acceptors (Lipinski definition) is 14. The maximum Gasteiger partial charge on any atom is 0.407 e. The summed E-state index contributed by atoms with van der Waals surface area (Å²) in [6.07, 6.45) is -12.6. The van der Waals surface area contributed by atoms with Crippen molar-refractivity contribution in [2.75, 3.05) is 33.0 Å². The van der Waals surface area contributed by atoms with Crippen LogP contribution in [0.4, 0.5) is 9.59 Å². The van der Waals surface area contributed by atoms with Gasteiger partial charge < -0.3 is 62.7 Å². The molecule has 22 heteroatoms. The summed E-state index contributed by atoms with van der Waals surface area (Å²) >= 11 is 35.1. The Morgan fingerprint density at radius 1 is 0.746 bits per heavy atom. The predicted molar refractivity (Wildman–Crippen MR) is 211 cm³/mol. The fourth-order valence-corrected chi connectivity index (χ4v) is 7.12. The van der Waals surface area contributed by atoms with Crippen LogP contribution < -0.4 is 10.6 Å². The SMILES string of the molecule is CCOC(=O)[C@@H](C)O[C@@H]1[C@@H](NC(=O)OCC(Cl)(Cl)Cl)[C@@H]2OC[C@@H](O2)[C@H]1O[C@@H]1O[C@@H]2CO[C@@H](c3ccccc3)O[C@H]2[C@H](OCc2ccccc2)[C@H]1NC(=O)OCC(Cl)(Cl)Cl. The number of rotatable bonds is 14. The van der Waals surface area contributed by atoms with Crippen molar-refractivity contribution >= 4 is 87.8 Å². The van der Waals surface area contributed by atoms with Crippen molar-refractivity contribution in [3.8, 4) is 0 Å². The zero-order chi connectivity index (χ0) is 42.3. The van der Waals surface area contributed by atoms with Gasteiger partial charge in [0.15, 0.2) is 25.0 Å². The van der Waals surface area contributed by atoms with E-state index in [-0.39, 0.29) is 26.4 Å². The highest BCUT2D eigenvalue weighted by Gasteiger charge is 2.58. The van der Waals surface area contributed by atoms with Gasteiger partial charge in [-0.05, 0) is 19.4 Å². The summed E-state index contributed by atoms with van der Waals surface area (Å²) < 4.78 is 62.6. The van der Waals surface area contributed by atoms with Crippen molar-refractivity contribution in [2.24, 2.45) is 0 Å². The molecule has 4 heterocycles. The van der Waals surface area contributed by atoms with Crippen LogP contribution in [0.25, 0.3) is 0 Å². The van der Waals surface area contributed by atoms with Gasteiger partial charge in [-0.2, -0.15) is 0 Å². The molecule has 0 saturated carbocycles. The smallest absolute Gasteiger partial charge is 0.407 e. The first-order valence-electron chi connectivity index (χ1n) is 18.5. The lowest BCUT2D eigenvalue weighted by Gasteiger charge is -2.51. The number of halogens is 6. The fraction of sp³-hybridized carbons (Fsp3) is 0.595. The maximum absolute atomic E-state index is 13.5. The third kappa shape index (κ3) is 13.0. The molecule has 6 rings (SSSR count). The highest BCUT2D eigenvalue weighted by atomic mass is 35.6. The molecular formula is C37H42Cl6N2O14. The second kappa shape index (κ2) is 20.8. The number of fused-ring (bicyclic) bond motifs is 3. The largest absolute Gasteiger partial charge is 0.464 e. The number of nitrogens with one attached hydrogen (secondary N) is 2. The highest BCUT2D eigenvalue weighted by Crippen LogP contribution is 2.40. The van der Waals surface area contributed by atoms with E-state index >= 15 is 0 Å². The maximum atomic E-state index is 13.5. The van der Waals surface area contributed by atoms with E-state index in [4.69, 9.17) is 122 Å². The lowest BCUT2D eigenvalue weighted by atomic mass is 9.94. The van der Waals surface area contributed by atoms with E-state index in [1.807, 2.05) is 60.7 Å². The predicted octanol–water partition coefficient (Wildman–Crippen LogP) is 5.82. The molecule has 0 radical (unpaired) electrons. The molecule has 4 aliphatic heterocycles. The summed E-state index contributed by atoms with van der Waals surface area (Å²) in [4.78, 5) is 39.4. The third-order valence-electron chi connectivity index (χ3n) is 9.34. The number of carbonyl (C=O) groups excluding carboxylic acids is 3. The lowest BCUT2D eigenvalue weighted by molar-refractivity contribution is -0.363. The summed E-state index contributed by atoms with van der Waals surface area (Å²) in [6.45, 7) is 1.99. The van der Waals surface area contributed by atoms with Crippen LogP contribution in [0.5, 0.6) is 0 Å². The molecule has 2 aromatic rings. The standard InChI is InChI=1S/C37H42Cl6N2O14/c1-3-49-30(46)19(2)55-29-25(45-35(48)54-18-37(41,42)43)32-52-16-23(56-32)27(29)59-33-24(44-34(47)53-17-36(38,39)40)28(50-14-20-10-6-4-7-11-20)26-22(57-33)15-51-31(58-26)21-12-8-5-9-13-21/h4-13,19,22-29,31-33H,3,14-18H2,1-2H3,(H,44,47)(H,45,48)/t19-,22-,23-,24-,25-,26-,27-,28-,29-,31-,32-,33+/m1/s1. The van der Waals surface area contributed by atoms with Crippen molar-refractivity contribution in [2.45, 2.75) is 102 Å². The summed E-state index contributed by atoms with van der Waals surface area (Å²) in [5.41, 5.74) is 1.54. The van der Waals surface area contributed by atoms with Gasteiger partial charge in [0.1, 0.15) is 61.9 Å². The molecule has 2 aromatic carbocycles. The molecule has 0 spiro atoms. The van der Waals surface area contributed by atoms with Gasteiger partial charge in [0, 0.05) is 5.56 Å². The number of benzene rings is 2. The van der Waals surface area contributed by atoms with Gasteiger partial charge in [0.05, 0.1) is 26.4 Å². The molecule has 16 nitrogen and oxygen atoms in total. The number of amides is 2. The average Bonchev–Trinajstić information content (AvgIpc) is 3.64. The van der Waals surface area contributed by atoms with Crippen LogP contribution in [0.15, 0.2) is 60.7 Å². The van der Waals surface area contributed by atoms with Crippen LogP contribution >= 0.6 is 69.6 Å². The molecule has 2 N–H and O–H groups in total. The topological polar surface area (TPSA) is 177 Å². The highest BCUT2D eigenvalue weighted by molar-refractivity contribution is 6.68. The first kappa shape index (κ1) is 46.4. The Kier molecular flexibility index (Phi) is 16.4. The third-order valence-corrected chi connectivity index (χ3v) is 10.00. The quantitative estimate of drug-likeness (QED) is 0.132. The Bertz CT molecular complexity index is 1690. The Balaban J connectivity index is 1.34. The van der Waals surface area contributed by atoms with Gasteiger partial charge >= 0.3 is 18.2 Å². The number of alkyl halides is 6. The average molecular weight is 951 g/mol.